The summed E-state index contributed by atoms with van der Waals surface area (Å²) in [7, 11) is 1.74. The highest BCUT2D eigenvalue weighted by Crippen LogP contribution is 2.27. The molecule has 0 bridgehead atoms. The van der Waals surface area contributed by atoms with Crippen LogP contribution >= 0.6 is 0 Å². The minimum atomic E-state index is -0.179. The second-order valence-corrected chi connectivity index (χ2v) is 4.13. The van der Waals surface area contributed by atoms with E-state index in [9.17, 15) is 4.39 Å². The van der Waals surface area contributed by atoms with E-state index in [1.54, 1.807) is 19.2 Å². The molecule has 1 N–H and O–H groups in total. The fraction of sp³-hybridized carbons (Fsp3) is 0.500. The molecule has 1 aromatic carbocycles. The van der Waals surface area contributed by atoms with Crippen molar-refractivity contribution >= 4 is 5.69 Å². The van der Waals surface area contributed by atoms with E-state index in [1.807, 2.05) is 6.92 Å². The van der Waals surface area contributed by atoms with Crippen molar-refractivity contribution in [2.24, 2.45) is 0 Å². The first kappa shape index (κ1) is 10.4. The lowest BCUT2D eigenvalue weighted by atomic mass is 9.89. The molecule has 0 heterocycles. The van der Waals surface area contributed by atoms with Gasteiger partial charge in [0.2, 0.25) is 0 Å². The predicted octanol–water partition coefficient (Wildman–Crippen LogP) is 2.72. The molecule has 0 amide bonds. The van der Waals surface area contributed by atoms with Crippen LogP contribution in [0.15, 0.2) is 18.2 Å². The summed E-state index contributed by atoms with van der Waals surface area (Å²) in [5, 5.41) is 3.39. The molecule has 0 saturated heterocycles. The molecule has 0 aliphatic heterocycles. The quantitative estimate of drug-likeness (QED) is 0.826. The molecule has 0 radical (unpaired) electrons. The second-order valence-electron chi connectivity index (χ2n) is 4.13. The molecule has 1 aliphatic carbocycles. The van der Waals surface area contributed by atoms with E-state index in [-0.39, 0.29) is 5.82 Å². The molecule has 15 heavy (non-hydrogen) atoms. The first-order valence-electron chi connectivity index (χ1n) is 5.24. The van der Waals surface area contributed by atoms with Gasteiger partial charge in [-0.1, -0.05) is 0 Å². The summed E-state index contributed by atoms with van der Waals surface area (Å²) in [6.45, 7) is 1.91. The molecule has 0 unspecified atom stereocenters. The Hall–Kier alpha value is -1.09. The molecule has 2 rings (SSSR count). The zero-order valence-corrected chi connectivity index (χ0v) is 9.09. The Labute approximate surface area is 89.4 Å². The Balaban J connectivity index is 1.94. The van der Waals surface area contributed by atoms with Gasteiger partial charge in [-0.2, -0.15) is 0 Å². The van der Waals surface area contributed by atoms with Crippen molar-refractivity contribution in [3.63, 3.8) is 0 Å². The number of anilines is 1. The van der Waals surface area contributed by atoms with Gasteiger partial charge in [-0.3, -0.25) is 0 Å². The summed E-state index contributed by atoms with van der Waals surface area (Å²) < 4.78 is 18.1. The van der Waals surface area contributed by atoms with Crippen LogP contribution in [0.25, 0.3) is 0 Å². The molecule has 2 nitrogen and oxygen atoms in total. The maximum Gasteiger partial charge on any atom is 0.123 e. The predicted molar refractivity (Wildman–Crippen MR) is 58.6 cm³/mol. The number of hydrogen-bond donors (Lipinski definition) is 1. The summed E-state index contributed by atoms with van der Waals surface area (Å²) >= 11 is 0. The largest absolute Gasteiger partial charge is 0.382 e. The Kier molecular flexibility index (Phi) is 2.91. The van der Waals surface area contributed by atoms with Crippen molar-refractivity contribution in [2.45, 2.75) is 31.9 Å². The van der Waals surface area contributed by atoms with Gasteiger partial charge in [-0.05, 0) is 43.5 Å². The van der Waals surface area contributed by atoms with Crippen LogP contribution in [0.1, 0.15) is 18.4 Å². The maximum atomic E-state index is 12.8. The highest BCUT2D eigenvalue weighted by atomic mass is 19.1. The van der Waals surface area contributed by atoms with Crippen molar-refractivity contribution < 1.29 is 9.13 Å². The fourth-order valence-corrected chi connectivity index (χ4v) is 1.88. The number of aryl methyl sites for hydroxylation is 1. The van der Waals surface area contributed by atoms with E-state index in [0.717, 1.165) is 24.1 Å². The molecule has 0 atom stereocenters. The third kappa shape index (κ3) is 2.29. The van der Waals surface area contributed by atoms with Gasteiger partial charge in [0.25, 0.3) is 0 Å². The normalized spacial score (nSPS) is 24.7. The van der Waals surface area contributed by atoms with Crippen LogP contribution in [0.2, 0.25) is 0 Å². The summed E-state index contributed by atoms with van der Waals surface area (Å²) in [6, 6.07) is 5.31. The van der Waals surface area contributed by atoms with E-state index in [4.69, 9.17) is 4.74 Å². The van der Waals surface area contributed by atoms with Crippen LogP contribution in [-0.2, 0) is 4.74 Å². The molecule has 0 aromatic heterocycles. The molecule has 1 saturated carbocycles. The van der Waals surface area contributed by atoms with Gasteiger partial charge in [-0.25, -0.2) is 4.39 Å². The van der Waals surface area contributed by atoms with Gasteiger partial charge in [0.15, 0.2) is 0 Å². The lowest BCUT2D eigenvalue weighted by molar-refractivity contribution is 0.0328. The van der Waals surface area contributed by atoms with Gasteiger partial charge in [0.05, 0.1) is 6.10 Å². The summed E-state index contributed by atoms with van der Waals surface area (Å²) in [4.78, 5) is 0. The molecular formula is C12H16FNO. The molecule has 1 aromatic rings. The number of ether oxygens (including phenoxy) is 1. The Morgan fingerprint density at radius 2 is 2.13 bits per heavy atom. The third-order valence-electron chi connectivity index (χ3n) is 2.98. The van der Waals surface area contributed by atoms with Crippen molar-refractivity contribution in [3.8, 4) is 0 Å². The Bertz CT molecular complexity index is 347. The molecule has 1 aliphatic rings. The molecule has 0 spiro atoms. The Morgan fingerprint density at radius 1 is 1.40 bits per heavy atom. The monoisotopic (exact) mass is 209 g/mol. The summed E-state index contributed by atoms with van der Waals surface area (Å²) in [6.07, 6.45) is 2.46. The zero-order valence-electron chi connectivity index (χ0n) is 9.09. The van der Waals surface area contributed by atoms with Crippen LogP contribution in [0.5, 0.6) is 0 Å². The minimum absolute atomic E-state index is 0.179. The van der Waals surface area contributed by atoms with Crippen molar-refractivity contribution in [3.05, 3.63) is 29.6 Å². The highest BCUT2D eigenvalue weighted by molar-refractivity contribution is 5.51. The molecular weight excluding hydrogens is 193 g/mol. The lowest BCUT2D eigenvalue weighted by Crippen LogP contribution is -2.40. The number of benzene rings is 1. The number of halogens is 1. The van der Waals surface area contributed by atoms with E-state index >= 15 is 0 Å². The maximum absolute atomic E-state index is 12.8. The first-order valence-corrected chi connectivity index (χ1v) is 5.24. The van der Waals surface area contributed by atoms with E-state index in [0.29, 0.717) is 12.1 Å². The SMILES string of the molecule is COC1CC(Nc2ccc(F)cc2C)C1. The van der Waals surface area contributed by atoms with Crippen LogP contribution in [0.3, 0.4) is 0 Å². The van der Waals surface area contributed by atoms with E-state index < -0.39 is 0 Å². The molecule has 3 heteroatoms. The Morgan fingerprint density at radius 3 is 2.73 bits per heavy atom. The standard InChI is InChI=1S/C12H16FNO/c1-8-5-9(13)3-4-12(8)14-10-6-11(7-10)15-2/h3-5,10-11,14H,6-7H2,1-2H3. The average molecular weight is 209 g/mol. The van der Waals surface area contributed by atoms with Crippen molar-refractivity contribution in [2.75, 3.05) is 12.4 Å². The van der Waals surface area contributed by atoms with Crippen LogP contribution < -0.4 is 5.32 Å². The summed E-state index contributed by atoms with van der Waals surface area (Å²) in [5.41, 5.74) is 1.98. The average Bonchev–Trinajstić information content (AvgIpc) is 2.13. The van der Waals surface area contributed by atoms with Gasteiger partial charge in [-0.15, -0.1) is 0 Å². The van der Waals surface area contributed by atoms with Crippen molar-refractivity contribution in [1.29, 1.82) is 0 Å². The van der Waals surface area contributed by atoms with Crippen LogP contribution in [-0.4, -0.2) is 19.3 Å². The third-order valence-corrected chi connectivity index (χ3v) is 2.98. The first-order chi connectivity index (χ1) is 7.19. The van der Waals surface area contributed by atoms with Crippen molar-refractivity contribution in [1.82, 2.24) is 0 Å². The van der Waals surface area contributed by atoms with E-state index in [1.165, 1.54) is 6.07 Å². The van der Waals surface area contributed by atoms with Gasteiger partial charge >= 0.3 is 0 Å². The number of methoxy groups -OCH3 is 1. The zero-order chi connectivity index (χ0) is 10.8. The molecule has 82 valence electrons. The lowest BCUT2D eigenvalue weighted by Gasteiger charge is -2.35. The van der Waals surface area contributed by atoms with Crippen LogP contribution in [0, 0.1) is 12.7 Å². The topological polar surface area (TPSA) is 21.3 Å². The number of rotatable bonds is 3. The molecule has 1 fully saturated rings. The number of hydrogen-bond acceptors (Lipinski definition) is 2. The smallest absolute Gasteiger partial charge is 0.123 e. The van der Waals surface area contributed by atoms with Gasteiger partial charge in [0.1, 0.15) is 5.82 Å². The van der Waals surface area contributed by atoms with Gasteiger partial charge < -0.3 is 10.1 Å². The highest BCUT2D eigenvalue weighted by Gasteiger charge is 2.28. The van der Waals surface area contributed by atoms with Crippen LogP contribution in [0.4, 0.5) is 10.1 Å². The minimum Gasteiger partial charge on any atom is -0.382 e. The van der Waals surface area contributed by atoms with E-state index in [2.05, 4.69) is 5.32 Å². The fourth-order valence-electron chi connectivity index (χ4n) is 1.88. The number of nitrogens with one attached hydrogen (secondary N) is 1. The summed E-state index contributed by atoms with van der Waals surface area (Å²) in [5.74, 6) is -0.179. The second kappa shape index (κ2) is 4.19. The van der Waals surface area contributed by atoms with Gasteiger partial charge in [0, 0.05) is 18.8 Å².